The Morgan fingerprint density at radius 3 is 2.89 bits per heavy atom. The number of rotatable bonds is 5. The molecule has 1 aromatic rings. The summed E-state index contributed by atoms with van der Waals surface area (Å²) in [7, 11) is 1.62. The first-order chi connectivity index (χ1) is 8.81. The quantitative estimate of drug-likeness (QED) is 0.469. The monoisotopic (exact) mass is 376 g/mol. The summed E-state index contributed by atoms with van der Waals surface area (Å²) in [5.74, 6) is 1.49. The minimum Gasteiger partial charge on any atom is -0.481 e. The molecule has 0 amide bonds. The van der Waals surface area contributed by atoms with Crippen LogP contribution >= 0.6 is 24.0 Å². The zero-order chi connectivity index (χ0) is 12.8. The van der Waals surface area contributed by atoms with Crippen molar-refractivity contribution in [2.24, 2.45) is 4.99 Å². The van der Waals surface area contributed by atoms with Gasteiger partial charge in [0, 0.05) is 18.7 Å². The molecule has 0 saturated heterocycles. The molecule has 0 spiro atoms. The third-order valence-electron chi connectivity index (χ3n) is 2.65. The highest BCUT2D eigenvalue weighted by atomic mass is 127. The second kappa shape index (κ2) is 8.19. The summed E-state index contributed by atoms with van der Waals surface area (Å²) >= 11 is 0. The fourth-order valence-electron chi connectivity index (χ4n) is 1.56. The standard InChI is InChI=1S/C13H20N4O.HI/c1-3-14-13(17-10-7-8-10)15-9-11-5-4-6-12(16-11)18-2;/h4-6,10H,3,7-9H2,1-2H3,(H2,14,15,17);1H. The molecule has 19 heavy (non-hydrogen) atoms. The summed E-state index contributed by atoms with van der Waals surface area (Å²) in [6.07, 6.45) is 2.48. The van der Waals surface area contributed by atoms with Crippen LogP contribution in [0.4, 0.5) is 0 Å². The van der Waals surface area contributed by atoms with Crippen LogP contribution in [0.2, 0.25) is 0 Å². The van der Waals surface area contributed by atoms with Crippen LogP contribution in [-0.4, -0.2) is 30.6 Å². The highest BCUT2D eigenvalue weighted by Crippen LogP contribution is 2.18. The lowest BCUT2D eigenvalue weighted by Crippen LogP contribution is -2.38. The molecular formula is C13H21IN4O. The summed E-state index contributed by atoms with van der Waals surface area (Å²) in [5.41, 5.74) is 0.905. The van der Waals surface area contributed by atoms with Gasteiger partial charge in [0.25, 0.3) is 0 Å². The van der Waals surface area contributed by atoms with Crippen molar-refractivity contribution in [2.45, 2.75) is 32.4 Å². The minimum atomic E-state index is 0. The molecule has 5 nitrogen and oxygen atoms in total. The van der Waals surface area contributed by atoms with E-state index < -0.39 is 0 Å². The van der Waals surface area contributed by atoms with Gasteiger partial charge in [-0.15, -0.1) is 24.0 Å². The van der Waals surface area contributed by atoms with Crippen molar-refractivity contribution in [1.29, 1.82) is 0 Å². The number of pyridine rings is 1. The molecule has 0 unspecified atom stereocenters. The van der Waals surface area contributed by atoms with Crippen molar-refractivity contribution in [3.63, 3.8) is 0 Å². The number of guanidine groups is 1. The Balaban J connectivity index is 0.00000180. The number of nitrogens with zero attached hydrogens (tertiary/aromatic N) is 2. The molecular weight excluding hydrogens is 355 g/mol. The van der Waals surface area contributed by atoms with Gasteiger partial charge in [0.15, 0.2) is 5.96 Å². The van der Waals surface area contributed by atoms with Gasteiger partial charge in [0.2, 0.25) is 5.88 Å². The van der Waals surface area contributed by atoms with E-state index >= 15 is 0 Å². The van der Waals surface area contributed by atoms with Gasteiger partial charge in [0.05, 0.1) is 19.3 Å². The van der Waals surface area contributed by atoms with Crippen LogP contribution in [0.5, 0.6) is 5.88 Å². The highest BCUT2D eigenvalue weighted by molar-refractivity contribution is 14.0. The summed E-state index contributed by atoms with van der Waals surface area (Å²) in [5, 5.41) is 6.60. The molecule has 1 aromatic heterocycles. The molecule has 1 fully saturated rings. The first kappa shape index (κ1) is 16.0. The maximum Gasteiger partial charge on any atom is 0.213 e. The highest BCUT2D eigenvalue weighted by Gasteiger charge is 2.21. The zero-order valence-corrected chi connectivity index (χ0v) is 13.7. The van der Waals surface area contributed by atoms with Crippen LogP contribution in [-0.2, 0) is 6.54 Å². The average Bonchev–Trinajstić information content (AvgIpc) is 3.20. The fourth-order valence-corrected chi connectivity index (χ4v) is 1.56. The van der Waals surface area contributed by atoms with Gasteiger partial charge in [-0.3, -0.25) is 0 Å². The predicted octanol–water partition coefficient (Wildman–Crippen LogP) is 1.93. The molecule has 0 aromatic carbocycles. The third kappa shape index (κ3) is 5.63. The van der Waals surface area contributed by atoms with E-state index in [2.05, 4.69) is 27.5 Å². The smallest absolute Gasteiger partial charge is 0.213 e. The van der Waals surface area contributed by atoms with E-state index in [9.17, 15) is 0 Å². The number of ether oxygens (including phenoxy) is 1. The lowest BCUT2D eigenvalue weighted by Gasteiger charge is -2.10. The zero-order valence-electron chi connectivity index (χ0n) is 11.3. The van der Waals surface area contributed by atoms with Crippen molar-refractivity contribution < 1.29 is 4.74 Å². The van der Waals surface area contributed by atoms with Crippen molar-refractivity contribution in [2.75, 3.05) is 13.7 Å². The maximum atomic E-state index is 5.09. The number of nitrogens with one attached hydrogen (secondary N) is 2. The number of methoxy groups -OCH3 is 1. The lowest BCUT2D eigenvalue weighted by atomic mass is 10.3. The SMILES string of the molecule is CCNC(=NCc1cccc(OC)n1)NC1CC1.I. The minimum absolute atomic E-state index is 0. The van der Waals surface area contributed by atoms with Crippen LogP contribution in [0.3, 0.4) is 0 Å². The van der Waals surface area contributed by atoms with E-state index in [4.69, 9.17) is 4.74 Å². The Kier molecular flexibility index (Phi) is 6.90. The summed E-state index contributed by atoms with van der Waals surface area (Å²) in [6.45, 7) is 3.48. The first-order valence-electron chi connectivity index (χ1n) is 6.36. The van der Waals surface area contributed by atoms with E-state index in [0.29, 0.717) is 18.5 Å². The van der Waals surface area contributed by atoms with E-state index in [1.165, 1.54) is 12.8 Å². The molecule has 1 aliphatic carbocycles. The van der Waals surface area contributed by atoms with Crippen molar-refractivity contribution in [1.82, 2.24) is 15.6 Å². The lowest BCUT2D eigenvalue weighted by molar-refractivity contribution is 0.396. The van der Waals surface area contributed by atoms with Gasteiger partial charge in [-0.1, -0.05) is 6.07 Å². The third-order valence-corrected chi connectivity index (χ3v) is 2.65. The van der Waals surface area contributed by atoms with E-state index in [0.717, 1.165) is 18.2 Å². The largest absolute Gasteiger partial charge is 0.481 e. The molecule has 106 valence electrons. The Morgan fingerprint density at radius 1 is 1.47 bits per heavy atom. The molecule has 1 aliphatic rings. The number of halogens is 1. The summed E-state index contributed by atoms with van der Waals surface area (Å²) < 4.78 is 5.09. The molecule has 0 bridgehead atoms. The Hall–Kier alpha value is -1.05. The van der Waals surface area contributed by atoms with Crippen LogP contribution in [0, 0.1) is 0 Å². The number of hydrogen-bond acceptors (Lipinski definition) is 3. The Bertz CT molecular complexity index is 421. The van der Waals surface area contributed by atoms with Gasteiger partial charge in [-0.25, -0.2) is 9.98 Å². The number of hydrogen-bond donors (Lipinski definition) is 2. The van der Waals surface area contributed by atoms with Crippen molar-refractivity contribution in [3.8, 4) is 5.88 Å². The molecule has 2 N–H and O–H groups in total. The Labute approximate surface area is 131 Å². The molecule has 1 saturated carbocycles. The van der Waals surface area contributed by atoms with Crippen LogP contribution in [0.1, 0.15) is 25.5 Å². The van der Waals surface area contributed by atoms with Gasteiger partial charge in [-0.2, -0.15) is 0 Å². The first-order valence-corrected chi connectivity index (χ1v) is 6.36. The fraction of sp³-hybridized carbons (Fsp3) is 0.538. The normalized spacial score (nSPS) is 14.5. The number of aliphatic imine (C=N–C) groups is 1. The topological polar surface area (TPSA) is 58.5 Å². The van der Waals surface area contributed by atoms with E-state index in [1.807, 2.05) is 18.2 Å². The van der Waals surface area contributed by atoms with Crippen molar-refractivity contribution >= 4 is 29.9 Å². The average molecular weight is 376 g/mol. The van der Waals surface area contributed by atoms with Crippen molar-refractivity contribution in [3.05, 3.63) is 23.9 Å². The molecule has 6 heteroatoms. The van der Waals surface area contributed by atoms with Gasteiger partial charge < -0.3 is 15.4 Å². The van der Waals surface area contributed by atoms with Gasteiger partial charge in [0.1, 0.15) is 0 Å². The summed E-state index contributed by atoms with van der Waals surface area (Å²) in [6, 6.07) is 6.31. The second-order valence-electron chi connectivity index (χ2n) is 4.29. The Morgan fingerprint density at radius 2 is 2.26 bits per heavy atom. The van der Waals surface area contributed by atoms with Crippen LogP contribution in [0.25, 0.3) is 0 Å². The molecule has 0 atom stereocenters. The molecule has 2 rings (SSSR count). The van der Waals surface area contributed by atoms with E-state index in [-0.39, 0.29) is 24.0 Å². The summed E-state index contributed by atoms with van der Waals surface area (Å²) in [4.78, 5) is 8.85. The molecule has 0 radical (unpaired) electrons. The maximum absolute atomic E-state index is 5.09. The predicted molar refractivity (Wildman–Crippen MR) is 87.2 cm³/mol. The van der Waals surface area contributed by atoms with E-state index in [1.54, 1.807) is 7.11 Å². The van der Waals surface area contributed by atoms with Gasteiger partial charge in [-0.05, 0) is 25.8 Å². The van der Waals surface area contributed by atoms with Gasteiger partial charge >= 0.3 is 0 Å². The molecule has 0 aliphatic heterocycles. The van der Waals surface area contributed by atoms with Crippen LogP contribution < -0.4 is 15.4 Å². The number of aromatic nitrogens is 1. The van der Waals surface area contributed by atoms with Crippen LogP contribution in [0.15, 0.2) is 23.2 Å². The second-order valence-corrected chi connectivity index (χ2v) is 4.29. The molecule has 1 heterocycles.